The number of aliphatic hydroxyl groups is 6. The van der Waals surface area contributed by atoms with Crippen LogP contribution in [0.1, 0.15) is 123 Å². The molecule has 1 rings (SSSR count). The van der Waals surface area contributed by atoms with Gasteiger partial charge in [0.25, 0.3) is 0 Å². The Labute approximate surface area is 289 Å². The maximum Gasteiger partial charge on any atom is 0.249 e. The third-order valence-corrected chi connectivity index (χ3v) is 8.46. The van der Waals surface area contributed by atoms with Crippen LogP contribution in [0.5, 0.6) is 0 Å². The minimum Gasteiger partial charge on any atom is -0.394 e. The fourth-order valence-electron chi connectivity index (χ4n) is 5.29. The molecule has 1 aliphatic heterocycles. The van der Waals surface area contributed by atoms with Crippen molar-refractivity contribution in [1.82, 2.24) is 5.32 Å². The summed E-state index contributed by atoms with van der Waals surface area (Å²) in [6.45, 7) is 3.44. The Morgan fingerprint density at radius 3 is 1.85 bits per heavy atom. The molecule has 1 aliphatic rings. The highest BCUT2D eigenvalue weighted by molar-refractivity contribution is 5.80. The van der Waals surface area contributed by atoms with Crippen molar-refractivity contribution in [3.8, 4) is 0 Å². The van der Waals surface area contributed by atoms with E-state index in [9.17, 15) is 35.4 Å². The highest BCUT2D eigenvalue weighted by Gasteiger charge is 2.44. The first-order chi connectivity index (χ1) is 23.3. The Morgan fingerprint density at radius 2 is 1.25 bits per heavy atom. The highest BCUT2D eigenvalue weighted by atomic mass is 16.7. The molecule has 0 aromatic carbocycles. The summed E-state index contributed by atoms with van der Waals surface area (Å²) in [7, 11) is 0. The molecule has 278 valence electrons. The van der Waals surface area contributed by atoms with Gasteiger partial charge in [-0.25, -0.2) is 0 Å². The van der Waals surface area contributed by atoms with Gasteiger partial charge in [-0.2, -0.15) is 0 Å². The second kappa shape index (κ2) is 28.9. The smallest absolute Gasteiger partial charge is 0.249 e. The van der Waals surface area contributed by atoms with E-state index in [0.29, 0.717) is 12.8 Å². The van der Waals surface area contributed by atoms with Gasteiger partial charge >= 0.3 is 0 Å². The number of rotatable bonds is 28. The van der Waals surface area contributed by atoms with Gasteiger partial charge in [-0.1, -0.05) is 107 Å². The Morgan fingerprint density at radius 1 is 0.708 bits per heavy atom. The summed E-state index contributed by atoms with van der Waals surface area (Å²) >= 11 is 0. The summed E-state index contributed by atoms with van der Waals surface area (Å²) in [4.78, 5) is 12.9. The lowest BCUT2D eigenvalue weighted by Gasteiger charge is -2.40. The number of ether oxygens (including phenoxy) is 2. The molecule has 0 aliphatic carbocycles. The largest absolute Gasteiger partial charge is 0.394 e. The molecule has 0 saturated carbocycles. The van der Waals surface area contributed by atoms with Crippen LogP contribution in [0.2, 0.25) is 0 Å². The van der Waals surface area contributed by atoms with Gasteiger partial charge in [0.2, 0.25) is 5.91 Å². The van der Waals surface area contributed by atoms with Crippen molar-refractivity contribution in [2.24, 2.45) is 0 Å². The fourth-order valence-corrected chi connectivity index (χ4v) is 5.29. The number of aliphatic hydroxyl groups excluding tert-OH is 6. The van der Waals surface area contributed by atoms with E-state index in [1.807, 2.05) is 6.08 Å². The lowest BCUT2D eigenvalue weighted by molar-refractivity contribution is -0.302. The zero-order chi connectivity index (χ0) is 35.4. The Balaban J connectivity index is 2.61. The standard InChI is InChI=1S/C38H67NO9/c1-3-5-7-9-11-13-15-17-18-20-22-24-26-31(41)30(29-47-38-36(45)35(44)34(43)33(28-40)48-38)39-37(46)32(42)27-25-23-21-19-16-14-12-10-8-6-4-2/h9,11-12,14,17-18,24,26,30-36,38,40-45H,3-8,10,13,15-16,19-23,25,27-29H2,1-2H3,(H,39,46)/b11-9+,14-12-,18-17+,26-24+. The molecule has 7 N–H and O–H groups in total. The molecule has 0 bridgehead atoms. The molecule has 1 saturated heterocycles. The Hall–Kier alpha value is -1.89. The predicted molar refractivity (Wildman–Crippen MR) is 190 cm³/mol. The normalized spacial score (nSPS) is 23.9. The first kappa shape index (κ1) is 44.1. The Bertz CT molecular complexity index is 907. The van der Waals surface area contributed by atoms with E-state index in [4.69, 9.17) is 9.47 Å². The van der Waals surface area contributed by atoms with Gasteiger partial charge < -0.3 is 45.4 Å². The van der Waals surface area contributed by atoms with E-state index in [1.54, 1.807) is 6.08 Å². The van der Waals surface area contributed by atoms with Crippen molar-refractivity contribution in [1.29, 1.82) is 0 Å². The fraction of sp³-hybridized carbons (Fsp3) is 0.763. The molecule has 1 amide bonds. The number of unbranched alkanes of at least 4 members (excludes halogenated alkanes) is 11. The number of hydrogen-bond donors (Lipinski definition) is 7. The average molecular weight is 682 g/mol. The third-order valence-electron chi connectivity index (χ3n) is 8.46. The number of nitrogens with one attached hydrogen (secondary N) is 1. The van der Waals surface area contributed by atoms with Gasteiger partial charge in [-0.3, -0.25) is 4.79 Å². The zero-order valence-electron chi connectivity index (χ0n) is 29.6. The lowest BCUT2D eigenvalue weighted by Crippen LogP contribution is -2.60. The first-order valence-electron chi connectivity index (χ1n) is 18.5. The van der Waals surface area contributed by atoms with E-state index < -0.39 is 61.5 Å². The average Bonchev–Trinajstić information content (AvgIpc) is 3.08. The SMILES string of the molecule is CCCC/C=C/CC/C=C/CC/C=C/C(O)C(COC1OC(CO)C(O)C(O)C1O)NC(=O)C(O)CCCCCC/C=C\CCCCC. The molecule has 10 heteroatoms. The molecule has 0 spiro atoms. The van der Waals surface area contributed by atoms with E-state index >= 15 is 0 Å². The highest BCUT2D eigenvalue weighted by Crippen LogP contribution is 2.22. The van der Waals surface area contributed by atoms with Crippen LogP contribution in [0.4, 0.5) is 0 Å². The van der Waals surface area contributed by atoms with E-state index in [-0.39, 0.29) is 13.0 Å². The van der Waals surface area contributed by atoms with Gasteiger partial charge in [0.05, 0.1) is 25.4 Å². The van der Waals surface area contributed by atoms with E-state index in [1.165, 1.54) is 32.1 Å². The van der Waals surface area contributed by atoms with Crippen LogP contribution < -0.4 is 5.32 Å². The maximum absolute atomic E-state index is 12.9. The van der Waals surface area contributed by atoms with Gasteiger partial charge in [-0.05, 0) is 64.2 Å². The summed E-state index contributed by atoms with van der Waals surface area (Å²) < 4.78 is 11.0. The molecule has 10 nitrogen and oxygen atoms in total. The van der Waals surface area contributed by atoms with Crippen molar-refractivity contribution in [2.45, 2.75) is 172 Å². The molecule has 0 radical (unpaired) electrons. The summed E-state index contributed by atoms with van der Waals surface area (Å²) in [5.41, 5.74) is 0. The van der Waals surface area contributed by atoms with Crippen LogP contribution in [0, 0.1) is 0 Å². The topological polar surface area (TPSA) is 169 Å². The number of amides is 1. The van der Waals surface area contributed by atoms with Crippen LogP contribution in [-0.2, 0) is 14.3 Å². The summed E-state index contributed by atoms with van der Waals surface area (Å²) in [6.07, 6.45) is 23.5. The predicted octanol–water partition coefficient (Wildman–Crippen LogP) is 4.91. The molecular weight excluding hydrogens is 614 g/mol. The van der Waals surface area contributed by atoms with Crippen LogP contribution >= 0.6 is 0 Å². The van der Waals surface area contributed by atoms with Crippen molar-refractivity contribution >= 4 is 5.91 Å². The van der Waals surface area contributed by atoms with Crippen molar-refractivity contribution in [3.05, 3.63) is 48.6 Å². The molecule has 0 aromatic rings. The first-order valence-corrected chi connectivity index (χ1v) is 18.5. The quantitative estimate of drug-likeness (QED) is 0.0448. The zero-order valence-corrected chi connectivity index (χ0v) is 29.6. The number of carbonyl (C=O) groups excluding carboxylic acids is 1. The van der Waals surface area contributed by atoms with Crippen LogP contribution in [-0.4, -0.2) is 98.7 Å². The minimum atomic E-state index is -1.62. The van der Waals surface area contributed by atoms with Crippen LogP contribution in [0.25, 0.3) is 0 Å². The molecule has 1 fully saturated rings. The molecule has 48 heavy (non-hydrogen) atoms. The van der Waals surface area contributed by atoms with E-state index in [2.05, 4.69) is 55.6 Å². The lowest BCUT2D eigenvalue weighted by atomic mass is 9.99. The second-order valence-corrected chi connectivity index (χ2v) is 12.8. The third kappa shape index (κ3) is 19.9. The molecule has 8 atom stereocenters. The van der Waals surface area contributed by atoms with Gasteiger partial charge in [-0.15, -0.1) is 0 Å². The van der Waals surface area contributed by atoms with Crippen LogP contribution in [0.15, 0.2) is 48.6 Å². The number of allylic oxidation sites excluding steroid dienone is 7. The Kier molecular flexibility index (Phi) is 26.6. The summed E-state index contributed by atoms with van der Waals surface area (Å²) in [5, 5.41) is 64.1. The van der Waals surface area contributed by atoms with E-state index in [0.717, 1.165) is 57.8 Å². The summed E-state index contributed by atoms with van der Waals surface area (Å²) in [5.74, 6) is -0.647. The second-order valence-electron chi connectivity index (χ2n) is 12.8. The maximum atomic E-state index is 12.9. The van der Waals surface area contributed by atoms with Gasteiger partial charge in [0, 0.05) is 0 Å². The van der Waals surface area contributed by atoms with Crippen molar-refractivity contribution < 1.29 is 44.9 Å². The molecule has 0 aromatic heterocycles. The minimum absolute atomic E-state index is 0.284. The van der Waals surface area contributed by atoms with Crippen molar-refractivity contribution in [3.63, 3.8) is 0 Å². The summed E-state index contributed by atoms with van der Waals surface area (Å²) in [6, 6.07) is -1.00. The van der Waals surface area contributed by atoms with Gasteiger partial charge in [0.15, 0.2) is 6.29 Å². The van der Waals surface area contributed by atoms with Gasteiger partial charge in [0.1, 0.15) is 30.5 Å². The van der Waals surface area contributed by atoms with Crippen LogP contribution in [0.3, 0.4) is 0 Å². The van der Waals surface area contributed by atoms with Crippen molar-refractivity contribution in [2.75, 3.05) is 13.2 Å². The molecular formula is C38H67NO9. The molecule has 1 heterocycles. The number of hydrogen-bond acceptors (Lipinski definition) is 9. The number of carbonyl (C=O) groups is 1. The monoisotopic (exact) mass is 681 g/mol. The molecule has 8 unspecified atom stereocenters.